The molecule has 1 aromatic carbocycles. The van der Waals surface area contributed by atoms with Gasteiger partial charge >= 0.3 is 0 Å². The Labute approximate surface area is 90.0 Å². The van der Waals surface area contributed by atoms with Crippen LogP contribution in [0.4, 0.5) is 0 Å². The number of nitrogens with zero attached hydrogens (tertiary/aromatic N) is 1. The molecule has 0 unspecified atom stereocenters. The van der Waals surface area contributed by atoms with Crippen LogP contribution in [0.25, 0.3) is 0 Å². The molecule has 0 saturated heterocycles. The van der Waals surface area contributed by atoms with Crippen LogP contribution >= 0.6 is 17.0 Å². The van der Waals surface area contributed by atoms with E-state index in [9.17, 15) is 5.11 Å². The number of halogens is 1. The second-order valence-electron chi connectivity index (χ2n) is 3.30. The quantitative estimate of drug-likeness (QED) is 0.865. The Hall–Kier alpha value is -0.540. The third-order valence-electron chi connectivity index (χ3n) is 1.90. The highest BCUT2D eigenvalue weighted by atomic mass is 79.9. The molecule has 0 saturated carbocycles. The highest BCUT2D eigenvalue weighted by molar-refractivity contribution is 8.93. The zero-order valence-corrected chi connectivity index (χ0v) is 9.95. The van der Waals surface area contributed by atoms with E-state index in [2.05, 4.69) is 4.90 Å². The molecule has 0 heterocycles. The lowest BCUT2D eigenvalue weighted by Crippen LogP contribution is -2.11. The highest BCUT2D eigenvalue weighted by Gasteiger charge is 2.02. The smallest absolute Gasteiger partial charge is 0.118 e. The second kappa shape index (κ2) is 5.25. The van der Waals surface area contributed by atoms with Gasteiger partial charge in [0.25, 0.3) is 0 Å². The summed E-state index contributed by atoms with van der Waals surface area (Å²) in [5, 5.41) is 9.39. The lowest BCUT2D eigenvalue weighted by molar-refractivity contribution is 0.399. The first-order valence-electron chi connectivity index (χ1n) is 4.03. The molecule has 0 amide bonds. The van der Waals surface area contributed by atoms with Crippen LogP contribution in [0, 0.1) is 6.92 Å². The van der Waals surface area contributed by atoms with Crippen LogP contribution in [-0.4, -0.2) is 24.1 Å². The molecule has 0 spiro atoms. The predicted octanol–water partition coefficient (Wildman–Crippen LogP) is 2.34. The first-order chi connectivity index (χ1) is 5.61. The molecule has 0 aliphatic heterocycles. The van der Waals surface area contributed by atoms with Crippen LogP contribution in [0.1, 0.15) is 11.1 Å². The van der Waals surface area contributed by atoms with Crippen molar-refractivity contribution in [3.8, 4) is 5.75 Å². The average molecular weight is 246 g/mol. The Morgan fingerprint density at radius 1 is 1.31 bits per heavy atom. The second-order valence-corrected chi connectivity index (χ2v) is 3.30. The largest absolute Gasteiger partial charge is 0.508 e. The van der Waals surface area contributed by atoms with E-state index < -0.39 is 0 Å². The molecule has 1 N–H and O–H groups in total. The Balaban J connectivity index is 0.00000144. The molecule has 0 atom stereocenters. The average Bonchev–Trinajstić information content (AvgIpc) is 1.98. The minimum Gasteiger partial charge on any atom is -0.508 e. The highest BCUT2D eigenvalue weighted by Crippen LogP contribution is 2.19. The van der Waals surface area contributed by atoms with Crippen LogP contribution in [0.5, 0.6) is 5.75 Å². The molecule has 0 bridgehead atoms. The molecule has 0 aliphatic carbocycles. The van der Waals surface area contributed by atoms with Gasteiger partial charge in [-0.3, -0.25) is 0 Å². The van der Waals surface area contributed by atoms with Gasteiger partial charge in [-0.1, -0.05) is 12.1 Å². The van der Waals surface area contributed by atoms with Crippen molar-refractivity contribution in [2.24, 2.45) is 0 Å². The molecule has 3 heteroatoms. The lowest BCUT2D eigenvalue weighted by Gasteiger charge is -2.12. The van der Waals surface area contributed by atoms with E-state index in [-0.39, 0.29) is 17.0 Å². The number of phenolic OH excluding ortho intramolecular Hbond substituents is 1. The maximum atomic E-state index is 9.39. The minimum atomic E-state index is 0. The van der Waals surface area contributed by atoms with Crippen molar-refractivity contribution in [3.05, 3.63) is 29.3 Å². The molecule has 0 aliphatic rings. The molecule has 1 rings (SSSR count). The van der Waals surface area contributed by atoms with Gasteiger partial charge in [0.2, 0.25) is 0 Å². The number of hydrogen-bond donors (Lipinski definition) is 1. The van der Waals surface area contributed by atoms with Crippen LogP contribution in [-0.2, 0) is 6.54 Å². The predicted molar refractivity (Wildman–Crippen MR) is 60.6 cm³/mol. The first-order valence-corrected chi connectivity index (χ1v) is 4.03. The van der Waals surface area contributed by atoms with Crippen molar-refractivity contribution in [2.75, 3.05) is 14.1 Å². The van der Waals surface area contributed by atoms with E-state index in [1.807, 2.05) is 33.2 Å². The summed E-state index contributed by atoms with van der Waals surface area (Å²) in [4.78, 5) is 2.09. The summed E-state index contributed by atoms with van der Waals surface area (Å²) in [5.74, 6) is 0.384. The van der Waals surface area contributed by atoms with Crippen LogP contribution in [0.3, 0.4) is 0 Å². The summed E-state index contributed by atoms with van der Waals surface area (Å²) >= 11 is 0. The molecular weight excluding hydrogens is 230 g/mol. The zero-order valence-electron chi connectivity index (χ0n) is 8.24. The summed E-state index contributed by atoms with van der Waals surface area (Å²) in [5.41, 5.74) is 2.16. The number of phenols is 1. The molecule has 13 heavy (non-hydrogen) atoms. The molecule has 2 nitrogen and oxygen atoms in total. The van der Waals surface area contributed by atoms with Gasteiger partial charge in [-0.15, -0.1) is 17.0 Å². The summed E-state index contributed by atoms with van der Waals surface area (Å²) in [6, 6.07) is 5.63. The topological polar surface area (TPSA) is 23.5 Å². The number of hydrogen-bond acceptors (Lipinski definition) is 2. The fourth-order valence-electron chi connectivity index (χ4n) is 1.18. The normalized spacial score (nSPS) is 9.85. The summed E-state index contributed by atoms with van der Waals surface area (Å²) < 4.78 is 0. The Morgan fingerprint density at radius 2 is 1.92 bits per heavy atom. The first kappa shape index (κ1) is 12.5. The lowest BCUT2D eigenvalue weighted by atomic mass is 10.1. The zero-order chi connectivity index (χ0) is 9.14. The molecule has 74 valence electrons. The van der Waals surface area contributed by atoms with Gasteiger partial charge in [-0.2, -0.15) is 0 Å². The molecule has 0 radical (unpaired) electrons. The van der Waals surface area contributed by atoms with Gasteiger partial charge in [-0.05, 0) is 38.2 Å². The maximum Gasteiger partial charge on any atom is 0.118 e. The Morgan fingerprint density at radius 3 is 2.46 bits per heavy atom. The Bertz CT molecular complexity index is 274. The summed E-state index contributed by atoms with van der Waals surface area (Å²) in [6.45, 7) is 2.81. The molecular formula is C10H16BrNO. The van der Waals surface area contributed by atoms with Gasteiger partial charge in [0.15, 0.2) is 0 Å². The Kier molecular flexibility index (Phi) is 5.03. The van der Waals surface area contributed by atoms with Gasteiger partial charge in [0.05, 0.1) is 0 Å². The van der Waals surface area contributed by atoms with Gasteiger partial charge < -0.3 is 10.0 Å². The van der Waals surface area contributed by atoms with Crippen molar-refractivity contribution in [2.45, 2.75) is 13.5 Å². The molecule has 0 aromatic heterocycles. The molecule has 0 fully saturated rings. The minimum absolute atomic E-state index is 0. The number of aromatic hydroxyl groups is 1. The fraction of sp³-hybridized carbons (Fsp3) is 0.400. The molecule has 1 aromatic rings. The van der Waals surface area contributed by atoms with Crippen molar-refractivity contribution in [3.63, 3.8) is 0 Å². The van der Waals surface area contributed by atoms with Gasteiger partial charge in [-0.25, -0.2) is 0 Å². The van der Waals surface area contributed by atoms with Crippen molar-refractivity contribution < 1.29 is 5.11 Å². The summed E-state index contributed by atoms with van der Waals surface area (Å²) in [6.07, 6.45) is 0. The van der Waals surface area contributed by atoms with E-state index in [0.717, 1.165) is 12.1 Å². The standard InChI is InChI=1S/C10H15NO.BrH/c1-8-9(7-11(2)3)5-4-6-10(8)12;/h4-6,12H,7H2,1-3H3;1H. The van der Waals surface area contributed by atoms with Crippen molar-refractivity contribution in [1.82, 2.24) is 4.90 Å². The van der Waals surface area contributed by atoms with E-state index in [1.165, 1.54) is 5.56 Å². The van der Waals surface area contributed by atoms with Crippen LogP contribution < -0.4 is 0 Å². The number of rotatable bonds is 2. The third-order valence-corrected chi connectivity index (χ3v) is 1.90. The van der Waals surface area contributed by atoms with Crippen molar-refractivity contribution in [1.29, 1.82) is 0 Å². The summed E-state index contributed by atoms with van der Waals surface area (Å²) in [7, 11) is 4.03. The SMILES string of the molecule is Br.Cc1c(O)cccc1CN(C)C. The third kappa shape index (κ3) is 3.36. The van der Waals surface area contributed by atoms with Gasteiger partial charge in [0, 0.05) is 6.54 Å². The van der Waals surface area contributed by atoms with E-state index in [4.69, 9.17) is 0 Å². The van der Waals surface area contributed by atoms with E-state index in [0.29, 0.717) is 5.75 Å². The monoisotopic (exact) mass is 245 g/mol. The maximum absolute atomic E-state index is 9.39. The van der Waals surface area contributed by atoms with Crippen LogP contribution in [0.2, 0.25) is 0 Å². The van der Waals surface area contributed by atoms with Gasteiger partial charge in [0.1, 0.15) is 5.75 Å². The van der Waals surface area contributed by atoms with Crippen molar-refractivity contribution >= 4 is 17.0 Å². The fourth-order valence-corrected chi connectivity index (χ4v) is 1.18. The van der Waals surface area contributed by atoms with E-state index >= 15 is 0 Å². The van der Waals surface area contributed by atoms with E-state index in [1.54, 1.807) is 6.07 Å². The number of benzene rings is 1. The van der Waals surface area contributed by atoms with Crippen LogP contribution in [0.15, 0.2) is 18.2 Å².